The van der Waals surface area contributed by atoms with E-state index in [0.29, 0.717) is 0 Å². The molecule has 2 rings (SSSR count). The minimum Gasteiger partial charge on any atom is -0.493 e. The minimum absolute atomic E-state index is 0.719. The third-order valence-corrected chi connectivity index (χ3v) is 3.82. The molecular weight excluding hydrogens is 296 g/mol. The first kappa shape index (κ1) is 17.9. The predicted molar refractivity (Wildman–Crippen MR) is 103 cm³/mol. The van der Waals surface area contributed by atoms with Crippen LogP contribution in [0.5, 0.6) is 17.2 Å². The molecule has 0 spiro atoms. The molecule has 0 amide bonds. The molecule has 0 unspecified atom stereocenters. The summed E-state index contributed by atoms with van der Waals surface area (Å²) in [5.74, 6) is 2.25. The average Bonchev–Trinajstić information content (AvgIpc) is 2.61. The molecule has 2 heteroatoms. The SMILES string of the molecule is C/C=C\c1ccc(Oc2ccc(/C(C)=C/CCC)cc2)c(OC)c1. The number of unbranched alkanes of at least 4 members (excludes halogenated alkanes) is 1. The Labute approximate surface area is 145 Å². The van der Waals surface area contributed by atoms with Crippen LogP contribution in [0.15, 0.2) is 54.6 Å². The first-order valence-corrected chi connectivity index (χ1v) is 8.43. The monoisotopic (exact) mass is 322 g/mol. The van der Waals surface area contributed by atoms with E-state index in [0.717, 1.165) is 29.2 Å². The van der Waals surface area contributed by atoms with Crippen LogP contribution in [-0.2, 0) is 0 Å². The van der Waals surface area contributed by atoms with Crippen LogP contribution in [0, 0.1) is 0 Å². The summed E-state index contributed by atoms with van der Waals surface area (Å²) in [7, 11) is 1.66. The van der Waals surface area contributed by atoms with E-state index < -0.39 is 0 Å². The van der Waals surface area contributed by atoms with E-state index in [4.69, 9.17) is 9.47 Å². The van der Waals surface area contributed by atoms with E-state index in [1.807, 2.05) is 49.4 Å². The molecule has 2 aromatic carbocycles. The van der Waals surface area contributed by atoms with Gasteiger partial charge in [0.05, 0.1) is 7.11 Å². The van der Waals surface area contributed by atoms with Gasteiger partial charge in [0.2, 0.25) is 0 Å². The molecule has 0 aromatic heterocycles. The quantitative estimate of drug-likeness (QED) is 0.563. The first-order chi connectivity index (χ1) is 11.7. The van der Waals surface area contributed by atoms with Crippen LogP contribution >= 0.6 is 0 Å². The molecule has 0 saturated heterocycles. The number of hydrogen-bond acceptors (Lipinski definition) is 2. The van der Waals surface area contributed by atoms with Crippen LogP contribution in [0.4, 0.5) is 0 Å². The van der Waals surface area contributed by atoms with E-state index in [2.05, 4.69) is 32.1 Å². The summed E-state index contributed by atoms with van der Waals surface area (Å²) in [6.45, 7) is 6.33. The van der Waals surface area contributed by atoms with Gasteiger partial charge in [-0.15, -0.1) is 0 Å². The Morgan fingerprint density at radius 2 is 1.79 bits per heavy atom. The number of ether oxygens (including phenoxy) is 2. The van der Waals surface area contributed by atoms with Crippen molar-refractivity contribution in [3.05, 3.63) is 65.7 Å². The van der Waals surface area contributed by atoms with Crippen molar-refractivity contribution in [2.45, 2.75) is 33.6 Å². The zero-order valence-electron chi connectivity index (χ0n) is 15.0. The molecule has 0 atom stereocenters. The van der Waals surface area contributed by atoms with E-state index >= 15 is 0 Å². The zero-order valence-corrected chi connectivity index (χ0v) is 15.0. The molecular formula is C22H26O2. The lowest BCUT2D eigenvalue weighted by Crippen LogP contribution is -1.91. The molecule has 0 aliphatic carbocycles. The Morgan fingerprint density at radius 1 is 1.04 bits per heavy atom. The maximum Gasteiger partial charge on any atom is 0.169 e. The summed E-state index contributed by atoms with van der Waals surface area (Å²) < 4.78 is 11.4. The Hall–Kier alpha value is -2.48. The summed E-state index contributed by atoms with van der Waals surface area (Å²) in [5, 5.41) is 0. The zero-order chi connectivity index (χ0) is 17.4. The second kappa shape index (κ2) is 8.97. The lowest BCUT2D eigenvalue weighted by atomic mass is 10.1. The minimum atomic E-state index is 0.719. The Bertz CT molecular complexity index is 709. The van der Waals surface area contributed by atoms with Gasteiger partial charge in [-0.25, -0.2) is 0 Å². The van der Waals surface area contributed by atoms with Crippen molar-refractivity contribution in [1.29, 1.82) is 0 Å². The third kappa shape index (κ3) is 4.76. The van der Waals surface area contributed by atoms with Gasteiger partial charge < -0.3 is 9.47 Å². The van der Waals surface area contributed by atoms with Crippen molar-refractivity contribution in [3.8, 4) is 17.2 Å². The lowest BCUT2D eigenvalue weighted by Gasteiger charge is -2.11. The van der Waals surface area contributed by atoms with Crippen LogP contribution in [-0.4, -0.2) is 7.11 Å². The molecule has 0 bridgehead atoms. The summed E-state index contributed by atoms with van der Waals surface area (Å²) in [4.78, 5) is 0. The summed E-state index contributed by atoms with van der Waals surface area (Å²) in [6.07, 6.45) is 8.59. The fourth-order valence-corrected chi connectivity index (χ4v) is 2.46. The van der Waals surface area contributed by atoms with E-state index in [9.17, 15) is 0 Å². The maximum absolute atomic E-state index is 5.98. The molecule has 0 saturated carbocycles. The van der Waals surface area contributed by atoms with Gasteiger partial charge in [-0.3, -0.25) is 0 Å². The van der Waals surface area contributed by atoms with Gasteiger partial charge in [-0.2, -0.15) is 0 Å². The van der Waals surface area contributed by atoms with Crippen LogP contribution in [0.25, 0.3) is 11.6 Å². The highest BCUT2D eigenvalue weighted by atomic mass is 16.5. The molecule has 0 heterocycles. The van der Waals surface area contributed by atoms with Crippen LogP contribution in [0.2, 0.25) is 0 Å². The van der Waals surface area contributed by atoms with Crippen LogP contribution in [0.3, 0.4) is 0 Å². The smallest absolute Gasteiger partial charge is 0.169 e. The molecule has 2 nitrogen and oxygen atoms in total. The molecule has 0 N–H and O–H groups in total. The standard InChI is InChI=1S/C22H26O2/c1-5-7-9-17(3)19-11-13-20(14-12-19)24-21-15-10-18(8-6-2)16-22(21)23-4/h6,8-16H,5,7H2,1-4H3/b8-6-,17-9+. The largest absolute Gasteiger partial charge is 0.493 e. The molecule has 0 radical (unpaired) electrons. The fraction of sp³-hybridized carbons (Fsp3) is 0.273. The Balaban J connectivity index is 2.16. The highest BCUT2D eigenvalue weighted by Crippen LogP contribution is 2.33. The first-order valence-electron chi connectivity index (χ1n) is 8.43. The number of rotatable bonds is 7. The molecule has 0 aliphatic rings. The highest BCUT2D eigenvalue weighted by molar-refractivity contribution is 5.64. The highest BCUT2D eigenvalue weighted by Gasteiger charge is 2.06. The van der Waals surface area contributed by atoms with Gasteiger partial charge in [0.15, 0.2) is 11.5 Å². The van der Waals surface area contributed by atoms with Gasteiger partial charge in [0, 0.05) is 0 Å². The maximum atomic E-state index is 5.98. The molecule has 126 valence electrons. The lowest BCUT2D eigenvalue weighted by molar-refractivity contribution is 0.379. The van der Waals surface area contributed by atoms with Gasteiger partial charge in [-0.1, -0.05) is 49.8 Å². The van der Waals surface area contributed by atoms with Crippen molar-refractivity contribution in [2.75, 3.05) is 7.11 Å². The summed E-state index contributed by atoms with van der Waals surface area (Å²) in [5.41, 5.74) is 3.62. The molecule has 2 aromatic rings. The molecule has 0 aliphatic heterocycles. The van der Waals surface area contributed by atoms with Crippen molar-refractivity contribution >= 4 is 11.6 Å². The second-order valence-corrected chi connectivity index (χ2v) is 5.71. The van der Waals surface area contributed by atoms with Gasteiger partial charge in [-0.05, 0) is 61.2 Å². The second-order valence-electron chi connectivity index (χ2n) is 5.71. The van der Waals surface area contributed by atoms with E-state index in [-0.39, 0.29) is 0 Å². The van der Waals surface area contributed by atoms with Gasteiger partial charge in [0.1, 0.15) is 5.75 Å². The van der Waals surface area contributed by atoms with Crippen molar-refractivity contribution < 1.29 is 9.47 Å². The third-order valence-electron chi connectivity index (χ3n) is 3.82. The van der Waals surface area contributed by atoms with Crippen molar-refractivity contribution in [1.82, 2.24) is 0 Å². The van der Waals surface area contributed by atoms with Gasteiger partial charge in [0.25, 0.3) is 0 Å². The number of allylic oxidation sites excluding steroid dienone is 3. The van der Waals surface area contributed by atoms with Crippen LogP contribution < -0.4 is 9.47 Å². The normalized spacial score (nSPS) is 11.8. The summed E-state index contributed by atoms with van der Waals surface area (Å²) in [6, 6.07) is 14.1. The molecule has 0 fully saturated rings. The number of hydrogen-bond donors (Lipinski definition) is 0. The van der Waals surface area contributed by atoms with E-state index in [1.54, 1.807) is 7.11 Å². The topological polar surface area (TPSA) is 18.5 Å². The van der Waals surface area contributed by atoms with E-state index in [1.165, 1.54) is 17.6 Å². The fourth-order valence-electron chi connectivity index (χ4n) is 2.46. The van der Waals surface area contributed by atoms with Crippen molar-refractivity contribution in [2.24, 2.45) is 0 Å². The predicted octanol–water partition coefficient (Wildman–Crippen LogP) is 6.72. The number of methoxy groups -OCH3 is 1. The van der Waals surface area contributed by atoms with Crippen molar-refractivity contribution in [3.63, 3.8) is 0 Å². The molecule has 24 heavy (non-hydrogen) atoms. The Morgan fingerprint density at radius 3 is 2.42 bits per heavy atom. The number of benzene rings is 2. The van der Waals surface area contributed by atoms with Gasteiger partial charge >= 0.3 is 0 Å². The summed E-state index contributed by atoms with van der Waals surface area (Å²) >= 11 is 0. The Kier molecular flexibility index (Phi) is 6.68. The van der Waals surface area contributed by atoms with Crippen LogP contribution in [0.1, 0.15) is 44.7 Å². The average molecular weight is 322 g/mol.